The van der Waals surface area contributed by atoms with Crippen molar-refractivity contribution in [2.75, 3.05) is 4.72 Å². The first-order valence-electron chi connectivity index (χ1n) is 5.56. The van der Waals surface area contributed by atoms with Crippen molar-refractivity contribution in [1.82, 2.24) is 9.55 Å². The van der Waals surface area contributed by atoms with E-state index in [4.69, 9.17) is 16.9 Å². The molecule has 2 aromatic rings. The minimum Gasteiger partial charge on any atom is -0.337 e. The maximum atomic E-state index is 12.2. The fraction of sp³-hybridized carbons (Fsp3) is 0.167. The molecule has 1 N–H and O–H groups in total. The number of nitrogens with zero attached hydrogens (tertiary/aromatic N) is 3. The highest BCUT2D eigenvalue weighted by Crippen LogP contribution is 2.25. The number of rotatable bonds is 3. The Morgan fingerprint density at radius 2 is 2.15 bits per heavy atom. The van der Waals surface area contributed by atoms with Gasteiger partial charge in [-0.3, -0.25) is 4.72 Å². The number of nitrogens with one attached hydrogen (secondary N) is 1. The van der Waals surface area contributed by atoms with Gasteiger partial charge in [-0.05, 0) is 25.1 Å². The highest BCUT2D eigenvalue weighted by atomic mass is 35.5. The van der Waals surface area contributed by atoms with E-state index in [-0.39, 0.29) is 15.7 Å². The molecule has 0 amide bonds. The molecule has 0 saturated carbocycles. The number of halogens is 1. The van der Waals surface area contributed by atoms with E-state index in [9.17, 15) is 8.42 Å². The number of anilines is 1. The number of hydrogen-bond donors (Lipinski definition) is 1. The van der Waals surface area contributed by atoms with E-state index in [1.807, 2.05) is 6.07 Å². The summed E-state index contributed by atoms with van der Waals surface area (Å²) < 4.78 is 28.3. The van der Waals surface area contributed by atoms with Crippen LogP contribution in [0.1, 0.15) is 11.4 Å². The molecule has 0 radical (unpaired) electrons. The van der Waals surface area contributed by atoms with Gasteiger partial charge in [0.1, 0.15) is 5.82 Å². The van der Waals surface area contributed by atoms with Crippen LogP contribution in [0.4, 0.5) is 5.69 Å². The van der Waals surface area contributed by atoms with Crippen molar-refractivity contribution in [3.05, 3.63) is 40.8 Å². The predicted octanol–water partition coefficient (Wildman–Crippen LogP) is 2.05. The topological polar surface area (TPSA) is 87.8 Å². The Bertz CT molecular complexity index is 786. The molecule has 0 aliphatic heterocycles. The van der Waals surface area contributed by atoms with Gasteiger partial charge in [0.05, 0.1) is 22.3 Å². The van der Waals surface area contributed by atoms with Gasteiger partial charge in [-0.15, -0.1) is 0 Å². The lowest BCUT2D eigenvalue weighted by Crippen LogP contribution is -2.14. The molecular formula is C12H11ClN4O2S. The van der Waals surface area contributed by atoms with Crippen LogP contribution in [-0.2, 0) is 17.1 Å². The quantitative estimate of drug-likeness (QED) is 0.939. The van der Waals surface area contributed by atoms with Crippen molar-refractivity contribution >= 4 is 27.3 Å². The molecule has 0 fully saturated rings. The van der Waals surface area contributed by atoms with Crippen molar-refractivity contribution in [3.8, 4) is 6.07 Å². The number of benzene rings is 1. The second-order valence-electron chi connectivity index (χ2n) is 4.15. The first-order chi connectivity index (χ1) is 9.33. The van der Waals surface area contributed by atoms with Crippen LogP contribution in [0, 0.1) is 18.3 Å². The summed E-state index contributed by atoms with van der Waals surface area (Å²) in [5.74, 6) is 0.572. The molecule has 2 rings (SSSR count). The highest BCUT2D eigenvalue weighted by molar-refractivity contribution is 7.92. The zero-order chi connectivity index (χ0) is 14.9. The van der Waals surface area contributed by atoms with Crippen LogP contribution in [0.5, 0.6) is 0 Å². The zero-order valence-electron chi connectivity index (χ0n) is 10.8. The number of aryl methyl sites for hydroxylation is 2. The molecule has 1 aromatic carbocycles. The molecule has 6 nitrogen and oxygen atoms in total. The van der Waals surface area contributed by atoms with Crippen molar-refractivity contribution in [2.24, 2.45) is 7.05 Å². The lowest BCUT2D eigenvalue weighted by molar-refractivity contribution is 0.598. The van der Waals surface area contributed by atoms with E-state index in [1.54, 1.807) is 18.5 Å². The van der Waals surface area contributed by atoms with Crippen LogP contribution in [-0.4, -0.2) is 18.0 Å². The number of nitriles is 1. The maximum absolute atomic E-state index is 12.2. The smallest absolute Gasteiger partial charge is 0.281 e. The SMILES string of the molecule is Cc1nc(S(=O)(=O)Nc2cc(C#N)ccc2Cl)cn1C. The Morgan fingerprint density at radius 3 is 2.70 bits per heavy atom. The standard InChI is InChI=1S/C12H11ClN4O2S/c1-8-15-12(7-17(8)2)20(18,19)16-11-5-9(6-14)3-4-10(11)13/h3-5,7,16H,1-2H3. The number of imidazole rings is 1. The summed E-state index contributed by atoms with van der Waals surface area (Å²) in [6.07, 6.45) is 1.40. The molecular weight excluding hydrogens is 300 g/mol. The van der Waals surface area contributed by atoms with Gasteiger partial charge in [-0.2, -0.15) is 13.7 Å². The average molecular weight is 311 g/mol. The lowest BCUT2D eigenvalue weighted by atomic mass is 10.2. The van der Waals surface area contributed by atoms with Crippen LogP contribution in [0.15, 0.2) is 29.4 Å². The van der Waals surface area contributed by atoms with Crippen LogP contribution in [0.3, 0.4) is 0 Å². The monoisotopic (exact) mass is 310 g/mol. The maximum Gasteiger partial charge on any atom is 0.281 e. The minimum absolute atomic E-state index is 0.101. The van der Waals surface area contributed by atoms with E-state index in [0.29, 0.717) is 11.4 Å². The van der Waals surface area contributed by atoms with E-state index < -0.39 is 10.0 Å². The van der Waals surface area contributed by atoms with Gasteiger partial charge in [0.15, 0.2) is 5.03 Å². The number of aromatic nitrogens is 2. The Labute approximate surface area is 121 Å². The molecule has 0 aliphatic carbocycles. The lowest BCUT2D eigenvalue weighted by Gasteiger charge is -2.07. The normalized spacial score (nSPS) is 11.1. The van der Waals surface area contributed by atoms with Crippen LogP contribution < -0.4 is 4.72 Å². The number of hydrogen-bond acceptors (Lipinski definition) is 4. The summed E-state index contributed by atoms with van der Waals surface area (Å²) in [6, 6.07) is 6.26. The predicted molar refractivity (Wildman–Crippen MR) is 74.9 cm³/mol. The van der Waals surface area contributed by atoms with Gasteiger partial charge >= 0.3 is 0 Å². The molecule has 0 aliphatic rings. The summed E-state index contributed by atoms with van der Waals surface area (Å²) >= 11 is 5.92. The summed E-state index contributed by atoms with van der Waals surface area (Å²) in [5.41, 5.74) is 0.457. The molecule has 0 bridgehead atoms. The van der Waals surface area contributed by atoms with Gasteiger partial charge in [0.25, 0.3) is 10.0 Å². The molecule has 0 unspecified atom stereocenters. The molecule has 104 valence electrons. The third kappa shape index (κ3) is 2.76. The zero-order valence-corrected chi connectivity index (χ0v) is 12.3. The Hall–Kier alpha value is -2.04. The van der Waals surface area contributed by atoms with E-state index in [2.05, 4.69) is 9.71 Å². The van der Waals surface area contributed by atoms with E-state index in [0.717, 1.165) is 0 Å². The summed E-state index contributed by atoms with van der Waals surface area (Å²) in [7, 11) is -2.14. The Morgan fingerprint density at radius 1 is 1.45 bits per heavy atom. The summed E-state index contributed by atoms with van der Waals surface area (Å²) in [4.78, 5) is 3.95. The fourth-order valence-corrected chi connectivity index (χ4v) is 2.86. The highest BCUT2D eigenvalue weighted by Gasteiger charge is 2.20. The third-order valence-electron chi connectivity index (χ3n) is 2.70. The van der Waals surface area contributed by atoms with E-state index in [1.165, 1.54) is 24.4 Å². The largest absolute Gasteiger partial charge is 0.337 e. The van der Waals surface area contributed by atoms with Gasteiger partial charge in [-0.1, -0.05) is 11.6 Å². The molecule has 8 heteroatoms. The first-order valence-corrected chi connectivity index (χ1v) is 7.42. The first kappa shape index (κ1) is 14.4. The van der Waals surface area contributed by atoms with Gasteiger partial charge in [0.2, 0.25) is 0 Å². The van der Waals surface area contributed by atoms with Gasteiger partial charge < -0.3 is 4.57 Å². The molecule has 0 saturated heterocycles. The summed E-state index contributed by atoms with van der Waals surface area (Å²) in [5, 5.41) is 8.93. The van der Waals surface area contributed by atoms with Crippen LogP contribution >= 0.6 is 11.6 Å². The Kier molecular flexibility index (Phi) is 3.70. The second-order valence-corrected chi connectivity index (χ2v) is 6.19. The minimum atomic E-state index is -3.84. The van der Waals surface area contributed by atoms with E-state index >= 15 is 0 Å². The molecule has 20 heavy (non-hydrogen) atoms. The molecule has 0 spiro atoms. The van der Waals surface area contributed by atoms with Gasteiger partial charge in [-0.25, -0.2) is 4.98 Å². The van der Waals surface area contributed by atoms with Crippen LogP contribution in [0.25, 0.3) is 0 Å². The molecule has 1 aromatic heterocycles. The van der Waals surface area contributed by atoms with Crippen LogP contribution in [0.2, 0.25) is 5.02 Å². The van der Waals surface area contributed by atoms with Crippen molar-refractivity contribution in [3.63, 3.8) is 0 Å². The summed E-state index contributed by atoms with van der Waals surface area (Å²) in [6.45, 7) is 1.70. The molecule has 1 heterocycles. The number of sulfonamides is 1. The third-order valence-corrected chi connectivity index (χ3v) is 4.27. The second kappa shape index (κ2) is 5.15. The fourth-order valence-electron chi connectivity index (χ4n) is 1.53. The Balaban J connectivity index is 2.41. The van der Waals surface area contributed by atoms with Gasteiger partial charge in [0, 0.05) is 13.2 Å². The van der Waals surface area contributed by atoms with Crippen molar-refractivity contribution in [1.29, 1.82) is 5.26 Å². The average Bonchev–Trinajstić information content (AvgIpc) is 2.73. The molecule has 0 atom stereocenters. The van der Waals surface area contributed by atoms with Crippen molar-refractivity contribution < 1.29 is 8.42 Å². The van der Waals surface area contributed by atoms with Crippen molar-refractivity contribution in [2.45, 2.75) is 11.9 Å².